The second-order valence-corrected chi connectivity index (χ2v) is 13.7. The molecule has 2 saturated carbocycles. The van der Waals surface area contributed by atoms with E-state index in [9.17, 15) is 14.4 Å². The van der Waals surface area contributed by atoms with Crippen molar-refractivity contribution in [2.75, 3.05) is 19.6 Å². The van der Waals surface area contributed by atoms with Gasteiger partial charge >= 0.3 is 6.09 Å². The van der Waals surface area contributed by atoms with Crippen LogP contribution in [0, 0.1) is 5.92 Å². The molecule has 2 heterocycles. The molecule has 9 nitrogen and oxygen atoms in total. The average Bonchev–Trinajstić information content (AvgIpc) is 3.80. The zero-order valence-electron chi connectivity index (χ0n) is 26.7. The van der Waals surface area contributed by atoms with Crippen LogP contribution in [0.1, 0.15) is 81.4 Å². The van der Waals surface area contributed by atoms with Gasteiger partial charge in [-0.25, -0.2) is 9.78 Å². The molecule has 2 aliphatic carbocycles. The van der Waals surface area contributed by atoms with E-state index in [1.54, 1.807) is 11.2 Å². The summed E-state index contributed by atoms with van der Waals surface area (Å²) in [6.07, 6.45) is 7.91. The number of ether oxygens (including phenoxy) is 1. The lowest BCUT2D eigenvalue weighted by atomic mass is 9.89. The first-order valence-corrected chi connectivity index (χ1v) is 16.4. The van der Waals surface area contributed by atoms with E-state index in [0.717, 1.165) is 55.3 Å². The first-order chi connectivity index (χ1) is 21.7. The zero-order chi connectivity index (χ0) is 31.6. The minimum Gasteiger partial charge on any atom is -0.444 e. The molecule has 0 radical (unpaired) electrons. The minimum atomic E-state index is -0.606. The van der Waals surface area contributed by atoms with Crippen LogP contribution in [0.2, 0.25) is 0 Å². The number of imidazole rings is 1. The summed E-state index contributed by atoms with van der Waals surface area (Å²) in [6, 6.07) is 19.8. The smallest absolute Gasteiger partial charge is 0.410 e. The van der Waals surface area contributed by atoms with Gasteiger partial charge in [0.1, 0.15) is 5.60 Å². The average molecular weight is 612 g/mol. The Kier molecular flexibility index (Phi) is 8.97. The number of aromatic nitrogens is 2. The first kappa shape index (κ1) is 30.9. The van der Waals surface area contributed by atoms with Gasteiger partial charge in [0.15, 0.2) is 5.69 Å². The summed E-state index contributed by atoms with van der Waals surface area (Å²) in [4.78, 5) is 48.9. The van der Waals surface area contributed by atoms with Gasteiger partial charge in [-0.2, -0.15) is 0 Å². The standard InChI is InChI=1S/C36H45N5O4/c1-36(2,3)45-35(44)39-20-21-40(28(23-39)22-25-12-6-4-7-13-25)34(43)31-32(26-14-8-5-9-15-26)41(24-37-31)30-17-11-10-16-29(30)38-33(42)27-18-19-27/h4-9,12-15,24,27-30H,10-11,16-23H2,1-3H3,(H,38,42)/t28-,29-,30+/m1/s1. The largest absolute Gasteiger partial charge is 0.444 e. The monoisotopic (exact) mass is 611 g/mol. The molecule has 1 N–H and O–H groups in total. The number of carbonyl (C=O) groups excluding carboxylic acids is 3. The Morgan fingerprint density at radius 3 is 2.29 bits per heavy atom. The summed E-state index contributed by atoms with van der Waals surface area (Å²) in [7, 11) is 0. The first-order valence-electron chi connectivity index (χ1n) is 16.4. The maximum atomic E-state index is 14.6. The minimum absolute atomic E-state index is 0.00494. The van der Waals surface area contributed by atoms with E-state index in [1.807, 2.05) is 74.2 Å². The molecule has 3 atom stereocenters. The third-order valence-corrected chi connectivity index (χ3v) is 9.12. The molecule has 45 heavy (non-hydrogen) atoms. The Morgan fingerprint density at radius 1 is 0.911 bits per heavy atom. The van der Waals surface area contributed by atoms with Crippen molar-refractivity contribution in [1.82, 2.24) is 24.7 Å². The Hall–Kier alpha value is -4.14. The number of rotatable bonds is 7. The highest BCUT2D eigenvalue weighted by Gasteiger charge is 2.39. The normalized spacial score (nSPS) is 22.2. The summed E-state index contributed by atoms with van der Waals surface area (Å²) in [5.41, 5.74) is 2.60. The molecule has 1 aromatic heterocycles. The van der Waals surface area contributed by atoms with Crippen LogP contribution < -0.4 is 5.32 Å². The molecule has 3 aliphatic rings. The van der Waals surface area contributed by atoms with Gasteiger partial charge in [0, 0.05) is 37.2 Å². The van der Waals surface area contributed by atoms with E-state index in [-0.39, 0.29) is 42.0 Å². The number of nitrogens with zero attached hydrogens (tertiary/aromatic N) is 4. The predicted molar refractivity (Wildman–Crippen MR) is 173 cm³/mol. The Bertz CT molecular complexity index is 1490. The molecular formula is C36H45N5O4. The number of carbonyl (C=O) groups is 3. The Labute approximate surface area is 265 Å². The molecule has 2 aromatic carbocycles. The predicted octanol–water partition coefficient (Wildman–Crippen LogP) is 5.86. The van der Waals surface area contributed by atoms with Crippen LogP contribution in [0.3, 0.4) is 0 Å². The van der Waals surface area contributed by atoms with Gasteiger partial charge in [0.2, 0.25) is 5.91 Å². The number of piperazine rings is 1. The number of nitrogens with one attached hydrogen (secondary N) is 1. The van der Waals surface area contributed by atoms with Gasteiger partial charge in [-0.15, -0.1) is 0 Å². The molecule has 238 valence electrons. The Balaban J connectivity index is 1.32. The number of hydrogen-bond donors (Lipinski definition) is 1. The van der Waals surface area contributed by atoms with Crippen molar-refractivity contribution in [3.63, 3.8) is 0 Å². The SMILES string of the molecule is CC(C)(C)OC(=O)N1CCN(C(=O)c2ncn([C@H]3CCCC[C@H]3NC(=O)C3CC3)c2-c2ccccc2)[C@H](Cc2ccccc2)C1. The van der Waals surface area contributed by atoms with Crippen LogP contribution in [-0.4, -0.2) is 74.6 Å². The highest BCUT2D eigenvalue weighted by Crippen LogP contribution is 2.37. The van der Waals surface area contributed by atoms with Crippen LogP contribution in [0.25, 0.3) is 11.3 Å². The second kappa shape index (κ2) is 13.1. The number of benzene rings is 2. The fraction of sp³-hybridized carbons (Fsp3) is 0.500. The van der Waals surface area contributed by atoms with Crippen molar-refractivity contribution in [3.05, 3.63) is 78.2 Å². The number of hydrogen-bond acceptors (Lipinski definition) is 5. The molecule has 6 rings (SSSR count). The second-order valence-electron chi connectivity index (χ2n) is 13.7. The van der Waals surface area contributed by atoms with Crippen molar-refractivity contribution in [2.45, 2.75) is 89.4 Å². The molecule has 0 spiro atoms. The molecule has 3 amide bonds. The topological polar surface area (TPSA) is 96.8 Å². The maximum Gasteiger partial charge on any atom is 0.410 e. The summed E-state index contributed by atoms with van der Waals surface area (Å²) >= 11 is 0. The van der Waals surface area contributed by atoms with Crippen LogP contribution in [0.5, 0.6) is 0 Å². The highest BCUT2D eigenvalue weighted by atomic mass is 16.6. The molecule has 3 fully saturated rings. The summed E-state index contributed by atoms with van der Waals surface area (Å²) < 4.78 is 7.84. The maximum absolute atomic E-state index is 14.6. The van der Waals surface area contributed by atoms with Gasteiger partial charge in [0.25, 0.3) is 5.91 Å². The van der Waals surface area contributed by atoms with Gasteiger partial charge in [-0.1, -0.05) is 73.5 Å². The molecule has 3 aromatic rings. The lowest BCUT2D eigenvalue weighted by molar-refractivity contribution is -0.123. The van der Waals surface area contributed by atoms with Crippen molar-refractivity contribution in [3.8, 4) is 11.3 Å². The lowest BCUT2D eigenvalue weighted by Crippen LogP contribution is -2.58. The summed E-state index contributed by atoms with van der Waals surface area (Å²) in [5, 5.41) is 3.34. The fourth-order valence-electron chi connectivity index (χ4n) is 6.72. The van der Waals surface area contributed by atoms with Gasteiger partial charge in [-0.05, 0) is 58.4 Å². The van der Waals surface area contributed by atoms with Crippen molar-refractivity contribution < 1.29 is 19.1 Å². The lowest BCUT2D eigenvalue weighted by Gasteiger charge is -2.41. The van der Waals surface area contributed by atoms with Crippen LogP contribution in [0.15, 0.2) is 67.0 Å². The van der Waals surface area contributed by atoms with Gasteiger partial charge in [-0.3, -0.25) is 9.59 Å². The van der Waals surface area contributed by atoms with Crippen LogP contribution in [0.4, 0.5) is 4.79 Å². The summed E-state index contributed by atoms with van der Waals surface area (Å²) in [6.45, 7) is 6.71. The van der Waals surface area contributed by atoms with Gasteiger partial charge in [0.05, 0.1) is 24.1 Å². The van der Waals surface area contributed by atoms with E-state index >= 15 is 0 Å². The quantitative estimate of drug-likeness (QED) is 0.361. The zero-order valence-corrected chi connectivity index (χ0v) is 26.7. The van der Waals surface area contributed by atoms with Crippen molar-refractivity contribution in [1.29, 1.82) is 0 Å². The van der Waals surface area contributed by atoms with E-state index in [2.05, 4.69) is 22.0 Å². The molecular weight excluding hydrogens is 566 g/mol. The number of amides is 3. The summed E-state index contributed by atoms with van der Waals surface area (Å²) in [5.74, 6) is 0.143. The van der Waals surface area contributed by atoms with Crippen LogP contribution in [-0.2, 0) is 16.0 Å². The van der Waals surface area contributed by atoms with Crippen LogP contribution >= 0.6 is 0 Å². The molecule has 9 heteroatoms. The van der Waals surface area contributed by atoms with Crippen molar-refractivity contribution in [2.24, 2.45) is 5.92 Å². The third kappa shape index (κ3) is 7.24. The van der Waals surface area contributed by atoms with Crippen molar-refractivity contribution >= 4 is 17.9 Å². The van der Waals surface area contributed by atoms with E-state index in [0.29, 0.717) is 31.7 Å². The van der Waals surface area contributed by atoms with E-state index in [1.165, 1.54) is 0 Å². The highest BCUT2D eigenvalue weighted by molar-refractivity contribution is 5.98. The molecule has 1 aliphatic heterocycles. The molecule has 0 bridgehead atoms. The Morgan fingerprint density at radius 2 is 1.60 bits per heavy atom. The molecule has 1 saturated heterocycles. The third-order valence-electron chi connectivity index (χ3n) is 9.12. The van der Waals surface area contributed by atoms with E-state index in [4.69, 9.17) is 9.72 Å². The van der Waals surface area contributed by atoms with E-state index < -0.39 is 5.60 Å². The molecule has 0 unspecified atom stereocenters. The fourth-order valence-corrected chi connectivity index (χ4v) is 6.72. The van der Waals surface area contributed by atoms with Gasteiger partial charge < -0.3 is 24.4 Å².